The first kappa shape index (κ1) is 25.4. The first-order valence-electron chi connectivity index (χ1n) is 11.7. The number of aliphatic hydroxyl groups is 3. The Labute approximate surface area is 187 Å². The molecule has 1 atom stereocenters. The van der Waals surface area contributed by atoms with Crippen molar-refractivity contribution in [2.75, 3.05) is 0 Å². The molecule has 0 heterocycles. The molecule has 0 spiro atoms. The van der Waals surface area contributed by atoms with Gasteiger partial charge in [0.05, 0.1) is 18.8 Å². The maximum absolute atomic E-state index is 10.4. The van der Waals surface area contributed by atoms with Crippen LogP contribution < -0.4 is 4.74 Å². The van der Waals surface area contributed by atoms with Crippen LogP contribution in [0.15, 0.2) is 42.5 Å². The molecule has 0 saturated carbocycles. The summed E-state index contributed by atoms with van der Waals surface area (Å²) in [6, 6.07) is 13.9. The fourth-order valence-electron chi connectivity index (χ4n) is 4.00. The molecule has 0 bridgehead atoms. The van der Waals surface area contributed by atoms with Crippen molar-refractivity contribution in [1.82, 2.24) is 0 Å². The van der Waals surface area contributed by atoms with Gasteiger partial charge < -0.3 is 20.1 Å². The Morgan fingerprint density at radius 1 is 0.903 bits per heavy atom. The molecular formula is C27H40O4. The highest BCUT2D eigenvalue weighted by molar-refractivity contribution is 5.33. The molecule has 2 aromatic carbocycles. The third-order valence-electron chi connectivity index (χ3n) is 6.54. The minimum atomic E-state index is -0.479. The molecule has 0 aliphatic heterocycles. The summed E-state index contributed by atoms with van der Waals surface area (Å²) in [4.78, 5) is 0. The van der Waals surface area contributed by atoms with Crippen LogP contribution in [0.4, 0.5) is 0 Å². The van der Waals surface area contributed by atoms with E-state index in [9.17, 15) is 15.3 Å². The van der Waals surface area contributed by atoms with Crippen molar-refractivity contribution in [1.29, 1.82) is 0 Å². The Bertz CT molecular complexity index is 783. The molecule has 4 heteroatoms. The lowest BCUT2D eigenvalue weighted by Crippen LogP contribution is -2.26. The van der Waals surface area contributed by atoms with Gasteiger partial charge in [-0.1, -0.05) is 64.3 Å². The predicted molar refractivity (Wildman–Crippen MR) is 126 cm³/mol. The molecule has 2 aromatic rings. The van der Waals surface area contributed by atoms with Crippen molar-refractivity contribution in [3.8, 4) is 5.75 Å². The first-order chi connectivity index (χ1) is 14.9. The van der Waals surface area contributed by atoms with E-state index in [0.717, 1.165) is 67.4 Å². The summed E-state index contributed by atoms with van der Waals surface area (Å²) in [5.41, 5.74) is 3.26. The standard InChI is InChI=1S/C27H40O4/c1-4-27(30,5-2)15-8-6-7-10-21(3)23-11-9-12-26(17-23)31-20-22-13-14-24(18-28)25(16-22)19-29/h9,11-14,16-17,21,28-30H,4-8,10,15,18-20H2,1-3H3. The number of benzene rings is 2. The molecular weight excluding hydrogens is 388 g/mol. The third kappa shape index (κ3) is 7.95. The highest BCUT2D eigenvalue weighted by Crippen LogP contribution is 2.27. The zero-order chi connectivity index (χ0) is 22.7. The zero-order valence-electron chi connectivity index (χ0n) is 19.4. The van der Waals surface area contributed by atoms with Crippen molar-refractivity contribution in [3.05, 3.63) is 64.7 Å². The highest BCUT2D eigenvalue weighted by Gasteiger charge is 2.20. The van der Waals surface area contributed by atoms with Gasteiger partial charge in [0.2, 0.25) is 0 Å². The second-order valence-electron chi connectivity index (χ2n) is 8.71. The summed E-state index contributed by atoms with van der Waals surface area (Å²) in [5, 5.41) is 29.2. The van der Waals surface area contributed by atoms with Crippen LogP contribution in [0.3, 0.4) is 0 Å². The molecule has 3 N–H and O–H groups in total. The second-order valence-corrected chi connectivity index (χ2v) is 8.71. The van der Waals surface area contributed by atoms with Gasteiger partial charge in [0.25, 0.3) is 0 Å². The van der Waals surface area contributed by atoms with Crippen molar-refractivity contribution >= 4 is 0 Å². The maximum atomic E-state index is 10.4. The molecule has 0 amide bonds. The van der Waals surface area contributed by atoms with Crippen molar-refractivity contribution in [2.24, 2.45) is 0 Å². The number of unbranched alkanes of at least 4 members (excludes halogenated alkanes) is 2. The predicted octanol–water partition coefficient (Wildman–Crippen LogP) is 5.86. The van der Waals surface area contributed by atoms with Crippen molar-refractivity contribution < 1.29 is 20.1 Å². The van der Waals surface area contributed by atoms with Crippen LogP contribution in [0.1, 0.15) is 93.9 Å². The Balaban J connectivity index is 1.83. The summed E-state index contributed by atoms with van der Waals surface area (Å²) >= 11 is 0. The van der Waals surface area contributed by atoms with Crippen LogP contribution >= 0.6 is 0 Å². The van der Waals surface area contributed by atoms with E-state index in [-0.39, 0.29) is 13.2 Å². The van der Waals surface area contributed by atoms with Crippen LogP contribution in [-0.4, -0.2) is 20.9 Å². The summed E-state index contributed by atoms with van der Waals surface area (Å²) in [6.45, 7) is 6.65. The molecule has 31 heavy (non-hydrogen) atoms. The van der Waals surface area contributed by atoms with Gasteiger partial charge in [-0.15, -0.1) is 0 Å². The molecule has 0 saturated heterocycles. The molecule has 1 unspecified atom stereocenters. The lowest BCUT2D eigenvalue weighted by atomic mass is 9.89. The van der Waals surface area contributed by atoms with Gasteiger partial charge >= 0.3 is 0 Å². The monoisotopic (exact) mass is 428 g/mol. The maximum Gasteiger partial charge on any atom is 0.120 e. The SMILES string of the molecule is CCC(O)(CC)CCCCCC(C)c1cccc(OCc2ccc(CO)c(CO)c2)c1. The van der Waals surface area contributed by atoms with E-state index in [0.29, 0.717) is 12.5 Å². The zero-order valence-corrected chi connectivity index (χ0v) is 19.4. The van der Waals surface area contributed by atoms with E-state index in [1.807, 2.05) is 30.3 Å². The van der Waals surface area contributed by atoms with Crippen LogP contribution in [-0.2, 0) is 19.8 Å². The van der Waals surface area contributed by atoms with Crippen LogP contribution in [0.5, 0.6) is 5.75 Å². The molecule has 0 radical (unpaired) electrons. The van der Waals surface area contributed by atoms with E-state index in [4.69, 9.17) is 4.74 Å². The minimum absolute atomic E-state index is 0.0744. The van der Waals surface area contributed by atoms with Crippen LogP contribution in [0.25, 0.3) is 0 Å². The van der Waals surface area contributed by atoms with Crippen molar-refractivity contribution in [3.63, 3.8) is 0 Å². The largest absolute Gasteiger partial charge is 0.489 e. The molecule has 2 rings (SSSR count). The van der Waals surface area contributed by atoms with E-state index < -0.39 is 5.60 Å². The third-order valence-corrected chi connectivity index (χ3v) is 6.54. The van der Waals surface area contributed by atoms with Crippen LogP contribution in [0.2, 0.25) is 0 Å². The Hall–Kier alpha value is -1.88. The fourth-order valence-corrected chi connectivity index (χ4v) is 4.00. The number of hydrogen-bond donors (Lipinski definition) is 3. The van der Waals surface area contributed by atoms with Gasteiger partial charge in [-0.25, -0.2) is 0 Å². The van der Waals surface area contributed by atoms with E-state index in [1.54, 1.807) is 0 Å². The molecule has 172 valence electrons. The van der Waals surface area contributed by atoms with Gasteiger partial charge in [0.1, 0.15) is 12.4 Å². The molecule has 0 aliphatic carbocycles. The van der Waals surface area contributed by atoms with E-state index in [2.05, 4.69) is 32.9 Å². The van der Waals surface area contributed by atoms with Crippen molar-refractivity contribution in [2.45, 2.75) is 97.1 Å². The summed E-state index contributed by atoms with van der Waals surface area (Å²) in [7, 11) is 0. The smallest absolute Gasteiger partial charge is 0.120 e. The average Bonchev–Trinajstić information content (AvgIpc) is 2.82. The highest BCUT2D eigenvalue weighted by atomic mass is 16.5. The van der Waals surface area contributed by atoms with Gasteiger partial charge in [-0.05, 0) is 72.1 Å². The molecule has 0 aliphatic rings. The molecule has 0 fully saturated rings. The number of ether oxygens (including phenoxy) is 1. The Morgan fingerprint density at radius 2 is 1.65 bits per heavy atom. The number of hydrogen-bond acceptors (Lipinski definition) is 4. The first-order valence-corrected chi connectivity index (χ1v) is 11.7. The topological polar surface area (TPSA) is 69.9 Å². The summed E-state index contributed by atoms with van der Waals surface area (Å²) in [5.74, 6) is 1.31. The average molecular weight is 429 g/mol. The molecule has 4 nitrogen and oxygen atoms in total. The second kappa shape index (κ2) is 12.8. The fraction of sp³-hybridized carbons (Fsp3) is 0.556. The molecule has 0 aromatic heterocycles. The normalized spacial score (nSPS) is 12.7. The van der Waals surface area contributed by atoms with Crippen LogP contribution in [0, 0.1) is 0 Å². The number of aliphatic hydroxyl groups excluding tert-OH is 2. The lowest BCUT2D eigenvalue weighted by molar-refractivity contribution is 0.0211. The van der Waals surface area contributed by atoms with Gasteiger partial charge in [0, 0.05) is 0 Å². The minimum Gasteiger partial charge on any atom is -0.489 e. The van der Waals surface area contributed by atoms with Gasteiger partial charge in [0.15, 0.2) is 0 Å². The number of rotatable bonds is 14. The van der Waals surface area contributed by atoms with E-state index >= 15 is 0 Å². The quantitative estimate of drug-likeness (QED) is 0.330. The summed E-state index contributed by atoms with van der Waals surface area (Å²) < 4.78 is 5.99. The summed E-state index contributed by atoms with van der Waals surface area (Å²) in [6.07, 6.45) is 7.09. The van der Waals surface area contributed by atoms with Gasteiger partial charge in [-0.2, -0.15) is 0 Å². The Morgan fingerprint density at radius 3 is 2.32 bits per heavy atom. The Kier molecular flexibility index (Phi) is 10.5. The lowest BCUT2D eigenvalue weighted by Gasteiger charge is -2.25. The van der Waals surface area contributed by atoms with Gasteiger partial charge in [-0.3, -0.25) is 0 Å². The van der Waals surface area contributed by atoms with E-state index in [1.165, 1.54) is 5.56 Å².